The number of hydrogen-bond acceptors (Lipinski definition) is 3. The Balaban J connectivity index is 1.76. The Kier molecular flexibility index (Phi) is 5.61. The molecule has 3 nitrogen and oxygen atoms in total. The third kappa shape index (κ3) is 4.32. The van der Waals surface area contributed by atoms with E-state index in [-0.39, 0.29) is 5.91 Å². The molecule has 0 bridgehead atoms. The van der Waals surface area contributed by atoms with Gasteiger partial charge in [-0.1, -0.05) is 13.8 Å². The summed E-state index contributed by atoms with van der Waals surface area (Å²) in [4.78, 5) is 14.8. The van der Waals surface area contributed by atoms with Crippen LogP contribution in [0.25, 0.3) is 0 Å². The van der Waals surface area contributed by atoms with E-state index in [1.165, 1.54) is 34.6 Å². The molecule has 0 fully saturated rings. The van der Waals surface area contributed by atoms with E-state index in [2.05, 4.69) is 25.2 Å². The Bertz CT molecular complexity index is 432. The topological polar surface area (TPSA) is 55.1 Å². The van der Waals surface area contributed by atoms with E-state index in [9.17, 15) is 4.79 Å². The van der Waals surface area contributed by atoms with E-state index in [0.717, 1.165) is 6.42 Å². The van der Waals surface area contributed by atoms with E-state index in [1.807, 2.05) is 11.3 Å². The van der Waals surface area contributed by atoms with Crippen molar-refractivity contribution in [1.82, 2.24) is 5.32 Å². The molecule has 1 heterocycles. The van der Waals surface area contributed by atoms with Gasteiger partial charge >= 0.3 is 0 Å². The van der Waals surface area contributed by atoms with E-state index >= 15 is 0 Å². The predicted octanol–water partition coefficient (Wildman–Crippen LogP) is 2.86. The molecule has 1 amide bonds. The lowest BCUT2D eigenvalue weighted by Crippen LogP contribution is -2.28. The van der Waals surface area contributed by atoms with Gasteiger partial charge in [0.15, 0.2) is 0 Å². The fourth-order valence-electron chi connectivity index (χ4n) is 2.93. The van der Waals surface area contributed by atoms with Crippen molar-refractivity contribution in [2.45, 2.75) is 52.5 Å². The lowest BCUT2D eigenvalue weighted by atomic mass is 9.94. The normalized spacial score (nSPS) is 15.4. The van der Waals surface area contributed by atoms with Crippen LogP contribution in [0.1, 0.15) is 48.4 Å². The molecule has 1 aromatic heterocycles. The summed E-state index contributed by atoms with van der Waals surface area (Å²) in [6, 6.07) is 2.27. The predicted molar refractivity (Wildman–Crippen MR) is 84.8 cm³/mol. The van der Waals surface area contributed by atoms with E-state index in [0.29, 0.717) is 31.3 Å². The first-order valence-corrected chi connectivity index (χ1v) is 8.47. The van der Waals surface area contributed by atoms with Gasteiger partial charge in [-0.15, -0.1) is 11.3 Å². The first-order chi connectivity index (χ1) is 9.58. The van der Waals surface area contributed by atoms with Gasteiger partial charge in [-0.2, -0.15) is 0 Å². The third-order valence-electron chi connectivity index (χ3n) is 3.87. The molecule has 4 heteroatoms. The largest absolute Gasteiger partial charge is 0.351 e. The molecule has 112 valence electrons. The van der Waals surface area contributed by atoms with Crippen LogP contribution in [0.3, 0.4) is 0 Å². The van der Waals surface area contributed by atoms with Crippen molar-refractivity contribution >= 4 is 17.2 Å². The zero-order chi connectivity index (χ0) is 14.5. The van der Waals surface area contributed by atoms with Crippen molar-refractivity contribution in [1.29, 1.82) is 0 Å². The average Bonchev–Trinajstić information content (AvgIpc) is 2.95. The Labute approximate surface area is 125 Å². The van der Waals surface area contributed by atoms with Crippen molar-refractivity contribution < 1.29 is 4.79 Å². The first-order valence-electron chi connectivity index (χ1n) is 7.65. The number of hydrogen-bond donors (Lipinski definition) is 2. The van der Waals surface area contributed by atoms with Crippen LogP contribution in [0.2, 0.25) is 0 Å². The summed E-state index contributed by atoms with van der Waals surface area (Å²) < 4.78 is 0. The summed E-state index contributed by atoms with van der Waals surface area (Å²) in [7, 11) is 0. The van der Waals surface area contributed by atoms with Crippen LogP contribution in [0.15, 0.2) is 6.07 Å². The highest BCUT2D eigenvalue weighted by Crippen LogP contribution is 2.30. The van der Waals surface area contributed by atoms with Gasteiger partial charge in [-0.05, 0) is 55.7 Å². The van der Waals surface area contributed by atoms with E-state index in [1.54, 1.807) is 0 Å². The smallest absolute Gasteiger partial charge is 0.220 e. The maximum Gasteiger partial charge on any atom is 0.220 e. The van der Waals surface area contributed by atoms with Crippen LogP contribution in [-0.4, -0.2) is 12.5 Å². The van der Waals surface area contributed by atoms with Gasteiger partial charge in [-0.25, -0.2) is 0 Å². The van der Waals surface area contributed by atoms with E-state index < -0.39 is 0 Å². The Morgan fingerprint density at radius 1 is 1.45 bits per heavy atom. The molecule has 0 radical (unpaired) electrons. The second-order valence-corrected chi connectivity index (χ2v) is 7.45. The Hall–Kier alpha value is -0.870. The number of nitrogens with one attached hydrogen (secondary N) is 1. The number of carbonyl (C=O) groups excluding carboxylic acids is 1. The quantitative estimate of drug-likeness (QED) is 0.812. The van der Waals surface area contributed by atoms with Gasteiger partial charge in [0.1, 0.15) is 0 Å². The van der Waals surface area contributed by atoms with Crippen molar-refractivity contribution in [3.63, 3.8) is 0 Å². The molecule has 2 rings (SSSR count). The zero-order valence-corrected chi connectivity index (χ0v) is 13.4. The highest BCUT2D eigenvalue weighted by atomic mass is 32.1. The number of nitrogens with two attached hydrogens (primary N) is 1. The molecule has 3 N–H and O–H groups in total. The summed E-state index contributed by atoms with van der Waals surface area (Å²) in [5, 5.41) is 3.04. The standard InChI is InChI=1S/C16H26N2OS/c1-11(2)6-12(9-17)7-16(19)18-10-14-8-13-4-3-5-15(13)20-14/h8,11-12H,3-7,9-10,17H2,1-2H3,(H,18,19). The van der Waals surface area contributed by atoms with Crippen LogP contribution in [-0.2, 0) is 24.2 Å². The lowest BCUT2D eigenvalue weighted by Gasteiger charge is -2.16. The van der Waals surface area contributed by atoms with Gasteiger partial charge in [0.2, 0.25) is 5.91 Å². The van der Waals surface area contributed by atoms with Gasteiger partial charge in [0.25, 0.3) is 0 Å². The fraction of sp³-hybridized carbons (Fsp3) is 0.688. The third-order valence-corrected chi connectivity index (χ3v) is 5.11. The number of aryl methyl sites for hydroxylation is 2. The lowest BCUT2D eigenvalue weighted by molar-refractivity contribution is -0.122. The average molecular weight is 294 g/mol. The maximum absolute atomic E-state index is 12.0. The molecule has 0 aromatic carbocycles. The van der Waals surface area contributed by atoms with Gasteiger partial charge in [0.05, 0.1) is 6.54 Å². The summed E-state index contributed by atoms with van der Waals surface area (Å²) in [5.74, 6) is 1.04. The molecule has 0 spiro atoms. The summed E-state index contributed by atoms with van der Waals surface area (Å²) in [5.41, 5.74) is 7.25. The van der Waals surface area contributed by atoms with Crippen LogP contribution in [0, 0.1) is 11.8 Å². The van der Waals surface area contributed by atoms with Crippen molar-refractivity contribution in [2.24, 2.45) is 17.6 Å². The van der Waals surface area contributed by atoms with E-state index in [4.69, 9.17) is 5.73 Å². The minimum Gasteiger partial charge on any atom is -0.351 e. The second-order valence-electron chi connectivity index (χ2n) is 6.23. The van der Waals surface area contributed by atoms with Crippen LogP contribution >= 0.6 is 11.3 Å². The molecule has 1 aliphatic rings. The molecule has 1 aromatic rings. The van der Waals surface area contributed by atoms with Crippen molar-refractivity contribution in [3.8, 4) is 0 Å². The number of amides is 1. The first kappa shape index (κ1) is 15.5. The summed E-state index contributed by atoms with van der Waals surface area (Å²) in [6.07, 6.45) is 5.30. The highest BCUT2D eigenvalue weighted by molar-refractivity contribution is 7.12. The van der Waals surface area contributed by atoms with Gasteiger partial charge in [0, 0.05) is 16.2 Å². The highest BCUT2D eigenvalue weighted by Gasteiger charge is 2.16. The Morgan fingerprint density at radius 2 is 2.25 bits per heavy atom. The number of carbonyl (C=O) groups is 1. The molecule has 0 saturated heterocycles. The summed E-state index contributed by atoms with van der Waals surface area (Å²) >= 11 is 1.86. The second kappa shape index (κ2) is 7.23. The molecule has 1 unspecified atom stereocenters. The molecule has 20 heavy (non-hydrogen) atoms. The van der Waals surface area contributed by atoms with Gasteiger partial charge < -0.3 is 11.1 Å². The van der Waals surface area contributed by atoms with Crippen LogP contribution < -0.4 is 11.1 Å². The molecular formula is C16H26N2OS. The minimum atomic E-state index is 0.134. The van der Waals surface area contributed by atoms with Crippen LogP contribution in [0.4, 0.5) is 0 Å². The fourth-order valence-corrected chi connectivity index (χ4v) is 4.13. The van der Waals surface area contributed by atoms with Crippen molar-refractivity contribution in [3.05, 3.63) is 21.4 Å². The number of thiophene rings is 1. The van der Waals surface area contributed by atoms with Gasteiger partial charge in [-0.3, -0.25) is 4.79 Å². The molecule has 1 atom stereocenters. The summed E-state index contributed by atoms with van der Waals surface area (Å²) in [6.45, 7) is 5.62. The molecule has 1 aliphatic carbocycles. The minimum absolute atomic E-state index is 0.134. The molecule has 0 saturated carbocycles. The number of rotatable bonds is 7. The SMILES string of the molecule is CC(C)CC(CN)CC(=O)NCc1cc2c(s1)CCC2. The monoisotopic (exact) mass is 294 g/mol. The molecular weight excluding hydrogens is 268 g/mol. The molecule has 0 aliphatic heterocycles. The number of fused-ring (bicyclic) bond motifs is 1. The maximum atomic E-state index is 12.0. The van der Waals surface area contributed by atoms with Crippen molar-refractivity contribution in [2.75, 3.05) is 6.54 Å². The Morgan fingerprint density at radius 3 is 2.90 bits per heavy atom. The van der Waals surface area contributed by atoms with Crippen LogP contribution in [0.5, 0.6) is 0 Å². The zero-order valence-electron chi connectivity index (χ0n) is 12.6.